The van der Waals surface area contributed by atoms with Gasteiger partial charge in [0, 0.05) is 30.2 Å². The summed E-state index contributed by atoms with van der Waals surface area (Å²) in [6.07, 6.45) is 0. The number of nitrogens with one attached hydrogen (secondary N) is 1. The standard InChI is InChI=1S/C24H29N3O5S/c1-6-26(7-2)33(30,31)19-13-11-18(12-14-19)25-24(29)17(4)27-22(28)15-16(3)20-9-8-10-21(32-5)23(20)27/h8-15,17H,6-7H2,1-5H3,(H,25,29). The Morgan fingerprint density at radius 2 is 1.76 bits per heavy atom. The van der Waals surface area contributed by atoms with Crippen LogP contribution in [-0.2, 0) is 14.8 Å². The van der Waals surface area contributed by atoms with Crippen molar-refractivity contribution in [2.75, 3.05) is 25.5 Å². The van der Waals surface area contributed by atoms with Crippen LogP contribution in [0.25, 0.3) is 10.9 Å². The molecule has 1 atom stereocenters. The van der Waals surface area contributed by atoms with E-state index in [0.717, 1.165) is 10.9 Å². The second kappa shape index (κ2) is 9.76. The molecule has 1 aromatic heterocycles. The van der Waals surface area contributed by atoms with Gasteiger partial charge in [0.05, 0.1) is 17.5 Å². The molecule has 0 radical (unpaired) electrons. The number of aryl methyl sites for hydroxylation is 1. The van der Waals surface area contributed by atoms with Crippen molar-refractivity contribution >= 4 is 32.5 Å². The van der Waals surface area contributed by atoms with Crippen LogP contribution < -0.4 is 15.6 Å². The van der Waals surface area contributed by atoms with Crippen molar-refractivity contribution in [2.24, 2.45) is 0 Å². The number of pyridine rings is 1. The topological polar surface area (TPSA) is 97.7 Å². The molecule has 2 aromatic carbocycles. The third-order valence-corrected chi connectivity index (χ3v) is 7.76. The summed E-state index contributed by atoms with van der Waals surface area (Å²) in [4.78, 5) is 26.0. The van der Waals surface area contributed by atoms with E-state index in [4.69, 9.17) is 4.74 Å². The lowest BCUT2D eigenvalue weighted by molar-refractivity contribution is -0.118. The Balaban J connectivity index is 1.92. The second-order valence-electron chi connectivity index (χ2n) is 7.67. The van der Waals surface area contributed by atoms with E-state index in [-0.39, 0.29) is 10.5 Å². The Kier molecular flexibility index (Phi) is 7.24. The van der Waals surface area contributed by atoms with E-state index in [2.05, 4.69) is 5.32 Å². The Morgan fingerprint density at radius 1 is 1.12 bits per heavy atom. The largest absolute Gasteiger partial charge is 0.495 e. The third kappa shape index (κ3) is 4.65. The molecule has 0 saturated heterocycles. The van der Waals surface area contributed by atoms with Gasteiger partial charge in [-0.25, -0.2) is 8.42 Å². The predicted molar refractivity (Wildman–Crippen MR) is 129 cm³/mol. The predicted octanol–water partition coefficient (Wildman–Crippen LogP) is 3.55. The van der Waals surface area contributed by atoms with Gasteiger partial charge in [-0.15, -0.1) is 0 Å². The Morgan fingerprint density at radius 3 is 2.33 bits per heavy atom. The summed E-state index contributed by atoms with van der Waals surface area (Å²) < 4.78 is 33.6. The number of rotatable bonds is 8. The van der Waals surface area contributed by atoms with Gasteiger partial charge in [-0.1, -0.05) is 26.0 Å². The highest BCUT2D eigenvalue weighted by Gasteiger charge is 2.23. The van der Waals surface area contributed by atoms with E-state index in [1.165, 1.54) is 46.3 Å². The molecule has 1 amide bonds. The van der Waals surface area contributed by atoms with Crippen LogP contribution in [0.3, 0.4) is 0 Å². The monoisotopic (exact) mass is 471 g/mol. The van der Waals surface area contributed by atoms with Crippen LogP contribution in [-0.4, -0.2) is 43.4 Å². The van der Waals surface area contributed by atoms with Crippen molar-refractivity contribution < 1.29 is 17.9 Å². The van der Waals surface area contributed by atoms with Gasteiger partial charge in [-0.2, -0.15) is 4.31 Å². The molecule has 0 aliphatic rings. The molecule has 0 aliphatic heterocycles. The zero-order valence-electron chi connectivity index (χ0n) is 19.5. The molecule has 0 aliphatic carbocycles. The number of para-hydroxylation sites is 1. The SMILES string of the molecule is CCN(CC)S(=O)(=O)c1ccc(NC(=O)C(C)n2c(=O)cc(C)c3cccc(OC)c32)cc1. The van der Waals surface area contributed by atoms with Crippen molar-refractivity contribution in [1.29, 1.82) is 0 Å². The van der Waals surface area contributed by atoms with Crippen LogP contribution in [0.5, 0.6) is 5.75 Å². The number of hydrogen-bond acceptors (Lipinski definition) is 5. The first kappa shape index (κ1) is 24.5. The lowest BCUT2D eigenvalue weighted by Gasteiger charge is -2.20. The molecule has 0 spiro atoms. The molecule has 3 rings (SSSR count). The molecule has 176 valence electrons. The maximum Gasteiger partial charge on any atom is 0.252 e. The fraction of sp³-hybridized carbons (Fsp3) is 0.333. The first-order chi connectivity index (χ1) is 15.6. The summed E-state index contributed by atoms with van der Waals surface area (Å²) in [6.45, 7) is 7.78. The van der Waals surface area contributed by atoms with Gasteiger partial charge in [0.2, 0.25) is 15.9 Å². The summed E-state index contributed by atoms with van der Waals surface area (Å²) in [5.74, 6) is 0.0893. The first-order valence-electron chi connectivity index (χ1n) is 10.8. The molecule has 8 nitrogen and oxygen atoms in total. The Hall–Kier alpha value is -3.17. The van der Waals surface area contributed by atoms with Gasteiger partial charge in [-0.3, -0.25) is 14.2 Å². The molecule has 3 aromatic rings. The van der Waals surface area contributed by atoms with Crippen molar-refractivity contribution in [3.8, 4) is 5.75 Å². The van der Waals surface area contributed by atoms with Crippen molar-refractivity contribution in [3.05, 3.63) is 64.4 Å². The highest BCUT2D eigenvalue weighted by Crippen LogP contribution is 2.29. The van der Waals surface area contributed by atoms with E-state index in [0.29, 0.717) is 30.0 Å². The van der Waals surface area contributed by atoms with Gasteiger partial charge in [0.15, 0.2) is 0 Å². The number of anilines is 1. The van der Waals surface area contributed by atoms with Crippen LogP contribution >= 0.6 is 0 Å². The minimum Gasteiger partial charge on any atom is -0.495 e. The van der Waals surface area contributed by atoms with E-state index in [1.54, 1.807) is 26.8 Å². The fourth-order valence-corrected chi connectivity index (χ4v) is 5.33. The molecule has 9 heteroatoms. The number of carbonyl (C=O) groups excluding carboxylic acids is 1. The highest BCUT2D eigenvalue weighted by molar-refractivity contribution is 7.89. The summed E-state index contributed by atoms with van der Waals surface area (Å²) in [7, 11) is -2.07. The third-order valence-electron chi connectivity index (χ3n) is 5.69. The average molecular weight is 472 g/mol. The summed E-state index contributed by atoms with van der Waals surface area (Å²) in [6, 6.07) is 12.1. The Bertz CT molecular complexity index is 1330. The summed E-state index contributed by atoms with van der Waals surface area (Å²) in [5.41, 5.74) is 1.46. The number of carbonyl (C=O) groups is 1. The summed E-state index contributed by atoms with van der Waals surface area (Å²) in [5, 5.41) is 3.59. The van der Waals surface area contributed by atoms with E-state index >= 15 is 0 Å². The van der Waals surface area contributed by atoms with Crippen molar-refractivity contribution in [1.82, 2.24) is 8.87 Å². The fourth-order valence-electron chi connectivity index (χ4n) is 3.87. The van der Waals surface area contributed by atoms with Crippen LogP contribution in [0.15, 0.2) is 58.2 Å². The molecular weight excluding hydrogens is 442 g/mol. The number of amides is 1. The quantitative estimate of drug-likeness (QED) is 0.542. The number of fused-ring (bicyclic) bond motifs is 1. The zero-order chi connectivity index (χ0) is 24.3. The Labute approximate surface area is 193 Å². The number of nitrogens with zero attached hydrogens (tertiary/aromatic N) is 2. The lowest BCUT2D eigenvalue weighted by atomic mass is 10.1. The van der Waals surface area contributed by atoms with Gasteiger partial charge in [-0.05, 0) is 49.7 Å². The van der Waals surface area contributed by atoms with Crippen LogP contribution in [0.2, 0.25) is 0 Å². The minimum atomic E-state index is -3.59. The van der Waals surface area contributed by atoms with Crippen LogP contribution in [0.1, 0.15) is 32.4 Å². The number of hydrogen-bond donors (Lipinski definition) is 1. The number of methoxy groups -OCH3 is 1. The minimum absolute atomic E-state index is 0.155. The van der Waals surface area contributed by atoms with E-state index in [9.17, 15) is 18.0 Å². The molecule has 1 heterocycles. The maximum absolute atomic E-state index is 13.0. The molecular formula is C24H29N3O5S. The van der Waals surface area contributed by atoms with Crippen molar-refractivity contribution in [3.63, 3.8) is 0 Å². The number of benzene rings is 2. The van der Waals surface area contributed by atoms with Crippen LogP contribution in [0.4, 0.5) is 5.69 Å². The lowest BCUT2D eigenvalue weighted by Crippen LogP contribution is -2.32. The molecule has 0 bridgehead atoms. The van der Waals surface area contributed by atoms with E-state index < -0.39 is 22.0 Å². The van der Waals surface area contributed by atoms with Crippen LogP contribution in [0, 0.1) is 6.92 Å². The first-order valence-corrected chi connectivity index (χ1v) is 12.2. The zero-order valence-corrected chi connectivity index (χ0v) is 20.3. The molecule has 1 N–H and O–H groups in total. The van der Waals surface area contributed by atoms with Gasteiger partial charge in [0.1, 0.15) is 11.8 Å². The smallest absolute Gasteiger partial charge is 0.252 e. The number of ether oxygens (including phenoxy) is 1. The normalized spacial score (nSPS) is 12.7. The average Bonchev–Trinajstić information content (AvgIpc) is 2.79. The maximum atomic E-state index is 13.0. The highest BCUT2D eigenvalue weighted by atomic mass is 32.2. The van der Waals surface area contributed by atoms with Gasteiger partial charge in [0.25, 0.3) is 5.56 Å². The molecule has 0 saturated carbocycles. The van der Waals surface area contributed by atoms with Crippen molar-refractivity contribution in [2.45, 2.75) is 38.6 Å². The molecule has 0 fully saturated rings. The van der Waals surface area contributed by atoms with Gasteiger partial charge >= 0.3 is 0 Å². The summed E-state index contributed by atoms with van der Waals surface area (Å²) >= 11 is 0. The second-order valence-corrected chi connectivity index (χ2v) is 9.61. The number of sulfonamides is 1. The van der Waals surface area contributed by atoms with Gasteiger partial charge < -0.3 is 10.1 Å². The molecule has 33 heavy (non-hydrogen) atoms. The number of aromatic nitrogens is 1. The molecule has 1 unspecified atom stereocenters. The van der Waals surface area contributed by atoms with E-state index in [1.807, 2.05) is 19.1 Å².